The molecule has 0 saturated heterocycles. The number of aromatic nitrogens is 4. The molecule has 134 valence electrons. The van der Waals surface area contributed by atoms with Crippen molar-refractivity contribution >= 4 is 22.8 Å². The number of nitrogens with two attached hydrogens (primary N) is 1. The fraction of sp³-hybridized carbons (Fsp3) is 0.0588. The molecule has 0 unspecified atom stereocenters. The van der Waals surface area contributed by atoms with E-state index >= 15 is 0 Å². The number of rotatable bonds is 4. The van der Waals surface area contributed by atoms with Crippen molar-refractivity contribution in [2.45, 2.75) is 0 Å². The lowest BCUT2D eigenvalue weighted by Gasteiger charge is -2.06. The maximum absolute atomic E-state index is 11.3. The summed E-state index contributed by atoms with van der Waals surface area (Å²) in [7, 11) is 1.73. The molecule has 0 aliphatic carbocycles. The quantitative estimate of drug-likeness (QED) is 0.432. The number of nitro groups is 1. The van der Waals surface area contributed by atoms with Gasteiger partial charge in [-0.2, -0.15) is 5.10 Å². The van der Waals surface area contributed by atoms with Gasteiger partial charge >= 0.3 is 5.88 Å². The smallest absolute Gasteiger partial charge is 0.397 e. The molecule has 0 aliphatic rings. The third-order valence-electron chi connectivity index (χ3n) is 4.03. The zero-order chi connectivity index (χ0) is 19.1. The molecule has 2 N–H and O–H groups in total. The average Bonchev–Trinajstić information content (AvgIpc) is 3.29. The maximum atomic E-state index is 11.3. The van der Waals surface area contributed by atoms with Crippen LogP contribution >= 0.6 is 0 Å². The Morgan fingerprint density at radius 3 is 2.56 bits per heavy atom. The number of benzene rings is 1. The predicted octanol–water partition coefficient (Wildman–Crippen LogP) is 2.30. The van der Waals surface area contributed by atoms with E-state index in [-0.39, 0.29) is 11.6 Å². The van der Waals surface area contributed by atoms with Crippen LogP contribution in [0.2, 0.25) is 0 Å². The molecule has 0 saturated carbocycles. The molecule has 0 bridgehead atoms. The number of furan rings is 1. The van der Waals surface area contributed by atoms with E-state index in [1.54, 1.807) is 42.2 Å². The Kier molecular flexibility index (Phi) is 3.65. The van der Waals surface area contributed by atoms with Crippen LogP contribution in [0.15, 0.2) is 47.0 Å². The van der Waals surface area contributed by atoms with E-state index < -0.39 is 16.7 Å². The summed E-state index contributed by atoms with van der Waals surface area (Å²) in [6.45, 7) is 0. The molecule has 0 aliphatic heterocycles. The van der Waals surface area contributed by atoms with Crippen LogP contribution in [0.4, 0.5) is 5.88 Å². The number of fused-ring (bicyclic) bond motifs is 1. The molecule has 0 fully saturated rings. The molecule has 10 heteroatoms. The van der Waals surface area contributed by atoms with Gasteiger partial charge in [-0.25, -0.2) is 9.97 Å². The van der Waals surface area contributed by atoms with Crippen LogP contribution in [0.3, 0.4) is 0 Å². The normalized spacial score (nSPS) is 11.0. The summed E-state index contributed by atoms with van der Waals surface area (Å²) in [5.74, 6) is -0.571. The minimum Gasteiger partial charge on any atom is -0.397 e. The topological polar surface area (TPSA) is 143 Å². The zero-order valence-electron chi connectivity index (χ0n) is 14.0. The summed E-state index contributed by atoms with van der Waals surface area (Å²) in [5, 5.41) is 15.8. The van der Waals surface area contributed by atoms with Gasteiger partial charge in [0.15, 0.2) is 17.2 Å². The number of aryl methyl sites for hydroxylation is 1. The van der Waals surface area contributed by atoms with Gasteiger partial charge in [0.1, 0.15) is 4.92 Å². The van der Waals surface area contributed by atoms with Crippen molar-refractivity contribution in [3.8, 4) is 22.8 Å². The third-order valence-corrected chi connectivity index (χ3v) is 4.03. The summed E-state index contributed by atoms with van der Waals surface area (Å²) in [6, 6.07) is 9.30. The van der Waals surface area contributed by atoms with Gasteiger partial charge < -0.3 is 10.2 Å². The van der Waals surface area contributed by atoms with Crippen LogP contribution in [0.5, 0.6) is 0 Å². The molecule has 3 heterocycles. The molecule has 4 rings (SSSR count). The van der Waals surface area contributed by atoms with Crippen molar-refractivity contribution in [3.63, 3.8) is 0 Å². The summed E-state index contributed by atoms with van der Waals surface area (Å²) in [6.07, 6.45) is 1.63. The second-order valence-electron chi connectivity index (χ2n) is 5.74. The van der Waals surface area contributed by atoms with Gasteiger partial charge in [0.25, 0.3) is 0 Å². The molecule has 4 aromatic rings. The van der Waals surface area contributed by atoms with E-state index in [2.05, 4.69) is 15.1 Å². The van der Waals surface area contributed by atoms with E-state index in [1.165, 1.54) is 12.1 Å². The molecule has 3 aromatic heterocycles. The Hall–Kier alpha value is -4.08. The Morgan fingerprint density at radius 1 is 1.19 bits per heavy atom. The number of amides is 1. The summed E-state index contributed by atoms with van der Waals surface area (Å²) in [5.41, 5.74) is 7.45. The van der Waals surface area contributed by atoms with Crippen molar-refractivity contribution in [2.75, 3.05) is 0 Å². The van der Waals surface area contributed by atoms with E-state index in [9.17, 15) is 14.9 Å². The van der Waals surface area contributed by atoms with Crippen LogP contribution in [-0.4, -0.2) is 30.6 Å². The highest BCUT2D eigenvalue weighted by atomic mass is 16.6. The average molecular weight is 364 g/mol. The maximum Gasteiger partial charge on any atom is 0.433 e. The van der Waals surface area contributed by atoms with Crippen LogP contribution in [0, 0.1) is 10.1 Å². The monoisotopic (exact) mass is 364 g/mol. The highest BCUT2D eigenvalue weighted by Gasteiger charge is 2.19. The second-order valence-corrected chi connectivity index (χ2v) is 5.74. The van der Waals surface area contributed by atoms with Crippen molar-refractivity contribution in [1.29, 1.82) is 0 Å². The molecule has 0 atom stereocenters. The van der Waals surface area contributed by atoms with Gasteiger partial charge in [0, 0.05) is 18.2 Å². The van der Waals surface area contributed by atoms with E-state index in [0.717, 1.165) is 0 Å². The third kappa shape index (κ3) is 2.78. The van der Waals surface area contributed by atoms with Crippen molar-refractivity contribution in [1.82, 2.24) is 19.7 Å². The molecule has 0 radical (unpaired) electrons. The Morgan fingerprint density at radius 2 is 1.93 bits per heavy atom. The first-order chi connectivity index (χ1) is 12.9. The van der Waals surface area contributed by atoms with Gasteiger partial charge in [-0.1, -0.05) is 12.1 Å². The first kappa shape index (κ1) is 16.4. The Labute approximate surface area is 151 Å². The number of carbonyl (C=O) groups excluding carboxylic acids is 1. The molecular formula is C17H12N6O4. The SMILES string of the molecule is Cn1ncc2c(-c3ccc(C(N)=O)cc3)nc(-c3ccc([N+](=O)[O-])o3)nc21. The minimum absolute atomic E-state index is 0.166. The van der Waals surface area contributed by atoms with Crippen molar-refractivity contribution in [3.05, 3.63) is 58.3 Å². The lowest BCUT2D eigenvalue weighted by molar-refractivity contribution is -0.401. The molecule has 1 aromatic carbocycles. The molecule has 1 amide bonds. The van der Waals surface area contributed by atoms with E-state index in [1.807, 2.05) is 0 Å². The highest BCUT2D eigenvalue weighted by molar-refractivity contribution is 5.95. The number of nitrogens with zero attached hydrogens (tertiary/aromatic N) is 5. The number of hydrogen-bond acceptors (Lipinski definition) is 7. The van der Waals surface area contributed by atoms with E-state index in [4.69, 9.17) is 10.2 Å². The van der Waals surface area contributed by atoms with E-state index in [0.29, 0.717) is 27.9 Å². The minimum atomic E-state index is -0.629. The standard InChI is InChI=1S/C17H12N6O4/c1-22-17-11(8-19-22)14(9-2-4-10(5-3-9)15(18)24)20-16(21-17)12-6-7-13(27-12)23(25)26/h2-8H,1H3,(H2,18,24). The van der Waals surface area contributed by atoms with Gasteiger partial charge in [0.2, 0.25) is 5.91 Å². The second kappa shape index (κ2) is 6.02. The Balaban J connectivity index is 1.91. The first-order valence-corrected chi connectivity index (χ1v) is 7.78. The van der Waals surface area contributed by atoms with Crippen molar-refractivity contribution < 1.29 is 14.1 Å². The largest absolute Gasteiger partial charge is 0.433 e. The molecule has 0 spiro atoms. The van der Waals surface area contributed by atoms with Gasteiger partial charge in [-0.3, -0.25) is 19.6 Å². The Bertz CT molecular complexity index is 1190. The lowest BCUT2D eigenvalue weighted by atomic mass is 10.1. The van der Waals surface area contributed by atoms with Crippen molar-refractivity contribution in [2.24, 2.45) is 12.8 Å². The van der Waals surface area contributed by atoms with Gasteiger partial charge in [-0.15, -0.1) is 0 Å². The number of carbonyl (C=O) groups is 1. The predicted molar refractivity (Wildman–Crippen MR) is 94.6 cm³/mol. The molecule has 10 nitrogen and oxygen atoms in total. The van der Waals surface area contributed by atoms with Crippen LogP contribution in [0.25, 0.3) is 33.9 Å². The molecule has 27 heavy (non-hydrogen) atoms. The number of primary amides is 1. The number of hydrogen-bond donors (Lipinski definition) is 1. The van der Waals surface area contributed by atoms with Crippen LogP contribution < -0.4 is 5.73 Å². The van der Waals surface area contributed by atoms with Gasteiger partial charge in [-0.05, 0) is 18.2 Å². The molecular weight excluding hydrogens is 352 g/mol. The highest BCUT2D eigenvalue weighted by Crippen LogP contribution is 2.30. The summed E-state index contributed by atoms with van der Waals surface area (Å²) >= 11 is 0. The summed E-state index contributed by atoms with van der Waals surface area (Å²) < 4.78 is 6.79. The lowest BCUT2D eigenvalue weighted by Crippen LogP contribution is -2.10. The summed E-state index contributed by atoms with van der Waals surface area (Å²) in [4.78, 5) is 30.4. The first-order valence-electron chi connectivity index (χ1n) is 7.78. The fourth-order valence-corrected chi connectivity index (χ4v) is 2.69. The van der Waals surface area contributed by atoms with Gasteiger partial charge in [0.05, 0.1) is 23.3 Å². The fourth-order valence-electron chi connectivity index (χ4n) is 2.69. The van der Waals surface area contributed by atoms with Crippen LogP contribution in [-0.2, 0) is 7.05 Å². The van der Waals surface area contributed by atoms with Crippen LogP contribution in [0.1, 0.15) is 10.4 Å². The zero-order valence-corrected chi connectivity index (χ0v) is 14.0.